The van der Waals surface area contributed by atoms with Crippen molar-refractivity contribution >= 4 is 17.2 Å². The number of carbonyl (C=O) groups is 1. The van der Waals surface area contributed by atoms with E-state index in [-0.39, 0.29) is 5.91 Å². The summed E-state index contributed by atoms with van der Waals surface area (Å²) in [5.41, 5.74) is 8.35. The summed E-state index contributed by atoms with van der Waals surface area (Å²) in [6.45, 7) is 2.97. The number of aryl methyl sites for hydroxylation is 1. The van der Waals surface area contributed by atoms with Crippen LogP contribution in [0.4, 0.5) is 0 Å². The fourth-order valence-electron chi connectivity index (χ4n) is 2.03. The Balaban J connectivity index is 2.07. The number of amides is 1. The third-order valence-corrected chi connectivity index (χ3v) is 3.85. The number of nitrogens with zero attached hydrogens (tertiary/aromatic N) is 1. The van der Waals surface area contributed by atoms with E-state index in [1.54, 1.807) is 4.90 Å². The molecule has 1 aromatic heterocycles. The van der Waals surface area contributed by atoms with E-state index in [0.717, 1.165) is 10.4 Å². The quantitative estimate of drug-likeness (QED) is 0.886. The van der Waals surface area contributed by atoms with E-state index in [9.17, 15) is 4.79 Å². The summed E-state index contributed by atoms with van der Waals surface area (Å²) in [5, 5.41) is 1.84. The summed E-state index contributed by atoms with van der Waals surface area (Å²) in [4.78, 5) is 15.0. The van der Waals surface area contributed by atoms with Gasteiger partial charge in [-0.15, -0.1) is 11.3 Å². The highest BCUT2D eigenvalue weighted by molar-refractivity contribution is 7.10. The molecule has 108 valence electrons. The van der Waals surface area contributed by atoms with Crippen molar-refractivity contribution in [2.45, 2.75) is 13.5 Å². The van der Waals surface area contributed by atoms with Crippen LogP contribution in [0.5, 0.6) is 0 Å². The van der Waals surface area contributed by atoms with Gasteiger partial charge in [-0.2, -0.15) is 0 Å². The second kappa shape index (κ2) is 7.07. The normalized spacial score (nSPS) is 9.86. The second-order valence-electron chi connectivity index (χ2n) is 4.86. The predicted octanol–water partition coefficient (Wildman–Crippen LogP) is 2.64. The highest BCUT2D eigenvalue weighted by atomic mass is 32.1. The van der Waals surface area contributed by atoms with Gasteiger partial charge in [0.15, 0.2) is 0 Å². The largest absolute Gasteiger partial charge is 0.337 e. The van der Waals surface area contributed by atoms with E-state index in [0.29, 0.717) is 18.7 Å². The predicted molar refractivity (Wildman–Crippen MR) is 87.2 cm³/mol. The van der Waals surface area contributed by atoms with Gasteiger partial charge in [-0.25, -0.2) is 0 Å². The molecule has 0 unspecified atom stereocenters. The van der Waals surface area contributed by atoms with Gasteiger partial charge in [0.25, 0.3) is 5.91 Å². The molecule has 0 fully saturated rings. The number of carbonyl (C=O) groups excluding carboxylic acids is 1. The van der Waals surface area contributed by atoms with Gasteiger partial charge in [0, 0.05) is 19.0 Å². The van der Waals surface area contributed by atoms with Crippen LogP contribution in [-0.4, -0.2) is 24.4 Å². The first-order valence-corrected chi connectivity index (χ1v) is 7.56. The van der Waals surface area contributed by atoms with Crippen LogP contribution in [-0.2, 0) is 6.54 Å². The van der Waals surface area contributed by atoms with E-state index in [2.05, 4.69) is 17.9 Å². The van der Waals surface area contributed by atoms with Gasteiger partial charge >= 0.3 is 0 Å². The Morgan fingerprint density at radius 3 is 2.90 bits per heavy atom. The average Bonchev–Trinajstić information content (AvgIpc) is 2.93. The summed E-state index contributed by atoms with van der Waals surface area (Å²) in [5.74, 6) is 5.75. The molecule has 0 atom stereocenters. The van der Waals surface area contributed by atoms with Gasteiger partial charge < -0.3 is 10.6 Å². The van der Waals surface area contributed by atoms with Gasteiger partial charge in [0.1, 0.15) is 0 Å². The van der Waals surface area contributed by atoms with E-state index >= 15 is 0 Å². The van der Waals surface area contributed by atoms with Crippen molar-refractivity contribution in [3.05, 3.63) is 57.3 Å². The van der Waals surface area contributed by atoms with Gasteiger partial charge in [-0.05, 0) is 18.6 Å². The fraction of sp³-hybridized carbons (Fsp3) is 0.235. The zero-order chi connectivity index (χ0) is 15.2. The highest BCUT2D eigenvalue weighted by Gasteiger charge is 2.13. The van der Waals surface area contributed by atoms with Crippen molar-refractivity contribution in [2.24, 2.45) is 5.73 Å². The Labute approximate surface area is 129 Å². The molecule has 0 aliphatic rings. The third kappa shape index (κ3) is 4.19. The number of rotatable bonds is 3. The Bertz CT molecular complexity index is 694. The topological polar surface area (TPSA) is 46.3 Å². The molecule has 4 heteroatoms. The molecule has 0 saturated heterocycles. The minimum Gasteiger partial charge on any atom is -0.337 e. The Kier molecular flexibility index (Phi) is 5.15. The lowest BCUT2D eigenvalue weighted by atomic mass is 10.1. The zero-order valence-electron chi connectivity index (χ0n) is 12.2. The minimum absolute atomic E-state index is 0.00792. The van der Waals surface area contributed by atoms with Crippen LogP contribution in [0, 0.1) is 18.8 Å². The maximum Gasteiger partial charge on any atom is 0.254 e. The third-order valence-electron chi connectivity index (χ3n) is 3.01. The number of benzene rings is 1. The second-order valence-corrected chi connectivity index (χ2v) is 5.77. The molecule has 0 saturated carbocycles. The molecule has 1 aromatic carbocycles. The van der Waals surface area contributed by atoms with E-state index in [4.69, 9.17) is 5.73 Å². The Morgan fingerprint density at radius 2 is 2.19 bits per heavy atom. The number of thiophene rings is 1. The van der Waals surface area contributed by atoms with E-state index < -0.39 is 0 Å². The standard InChI is InChI=1S/C17H18N2OS/c1-13-5-3-6-14(9-13)11-19(2)17(20)15-10-16(21-12-15)7-4-8-18/h3,5-6,9-10,12H,8,11,18H2,1-2H3. The van der Waals surface area contributed by atoms with Gasteiger partial charge in [-0.1, -0.05) is 41.7 Å². The van der Waals surface area contributed by atoms with Crippen molar-refractivity contribution in [3.63, 3.8) is 0 Å². The molecule has 0 spiro atoms. The number of hydrogen-bond acceptors (Lipinski definition) is 3. The molecule has 0 bridgehead atoms. The summed E-state index contributed by atoms with van der Waals surface area (Å²) in [6.07, 6.45) is 0. The molecular formula is C17H18N2OS. The van der Waals surface area contributed by atoms with Crippen LogP contribution in [0.2, 0.25) is 0 Å². The van der Waals surface area contributed by atoms with Crippen LogP contribution in [0.3, 0.4) is 0 Å². The lowest BCUT2D eigenvalue weighted by Crippen LogP contribution is -2.25. The molecule has 0 aliphatic heterocycles. The summed E-state index contributed by atoms with van der Waals surface area (Å²) in [7, 11) is 1.81. The van der Waals surface area contributed by atoms with Crippen molar-refractivity contribution in [2.75, 3.05) is 13.6 Å². The molecule has 1 heterocycles. The number of hydrogen-bond donors (Lipinski definition) is 1. The molecule has 2 rings (SSSR count). The lowest BCUT2D eigenvalue weighted by molar-refractivity contribution is 0.0785. The Hall–Kier alpha value is -2.09. The van der Waals surface area contributed by atoms with E-state index in [1.165, 1.54) is 16.9 Å². The maximum atomic E-state index is 12.4. The molecule has 2 aromatic rings. The molecule has 2 N–H and O–H groups in total. The fourth-order valence-corrected chi connectivity index (χ4v) is 2.78. The van der Waals surface area contributed by atoms with Crippen molar-refractivity contribution in [1.82, 2.24) is 4.90 Å². The molecular weight excluding hydrogens is 280 g/mol. The summed E-state index contributed by atoms with van der Waals surface area (Å²) >= 11 is 1.47. The minimum atomic E-state index is 0.00792. The van der Waals surface area contributed by atoms with Crippen molar-refractivity contribution < 1.29 is 4.79 Å². The molecule has 0 aliphatic carbocycles. The maximum absolute atomic E-state index is 12.4. The molecule has 3 nitrogen and oxygen atoms in total. The smallest absolute Gasteiger partial charge is 0.254 e. The average molecular weight is 298 g/mol. The monoisotopic (exact) mass is 298 g/mol. The molecule has 21 heavy (non-hydrogen) atoms. The first kappa shape index (κ1) is 15.3. The van der Waals surface area contributed by atoms with Crippen LogP contribution in [0.1, 0.15) is 26.4 Å². The van der Waals surface area contributed by atoms with Gasteiger partial charge in [0.05, 0.1) is 17.0 Å². The van der Waals surface area contributed by atoms with Crippen LogP contribution >= 0.6 is 11.3 Å². The summed E-state index contributed by atoms with van der Waals surface area (Å²) in [6, 6.07) is 10.0. The highest BCUT2D eigenvalue weighted by Crippen LogP contribution is 2.16. The first-order valence-electron chi connectivity index (χ1n) is 6.68. The van der Waals surface area contributed by atoms with E-state index in [1.807, 2.05) is 43.6 Å². The zero-order valence-corrected chi connectivity index (χ0v) is 13.0. The van der Waals surface area contributed by atoms with Crippen LogP contribution in [0.25, 0.3) is 0 Å². The number of nitrogens with two attached hydrogens (primary N) is 1. The van der Waals surface area contributed by atoms with Crippen LogP contribution < -0.4 is 5.73 Å². The van der Waals surface area contributed by atoms with Crippen molar-refractivity contribution in [3.8, 4) is 11.8 Å². The summed E-state index contributed by atoms with van der Waals surface area (Å²) < 4.78 is 0. The van der Waals surface area contributed by atoms with Gasteiger partial charge in [-0.3, -0.25) is 4.79 Å². The van der Waals surface area contributed by atoms with Crippen molar-refractivity contribution in [1.29, 1.82) is 0 Å². The van der Waals surface area contributed by atoms with Crippen LogP contribution in [0.15, 0.2) is 35.7 Å². The molecule has 0 radical (unpaired) electrons. The Morgan fingerprint density at radius 1 is 1.38 bits per heavy atom. The first-order chi connectivity index (χ1) is 10.1. The molecule has 1 amide bonds. The van der Waals surface area contributed by atoms with Gasteiger partial charge in [0.2, 0.25) is 0 Å². The SMILES string of the molecule is Cc1cccc(CN(C)C(=O)c2csc(C#CCN)c2)c1. The lowest BCUT2D eigenvalue weighted by Gasteiger charge is -2.16.